The molecule has 0 aliphatic heterocycles. The lowest BCUT2D eigenvalue weighted by atomic mass is 10.2. The van der Waals surface area contributed by atoms with Crippen LogP contribution in [0.5, 0.6) is 11.5 Å². The van der Waals surface area contributed by atoms with Crippen LogP contribution in [0.3, 0.4) is 0 Å². The summed E-state index contributed by atoms with van der Waals surface area (Å²) in [4.78, 5) is 12.5. The number of hydrogen-bond donors (Lipinski definition) is 1. The SMILES string of the molecule is COc1cc(NC(=O)C(C)Sc2nnc(-c3ccc(Cl)cc3)o2)cc(OC)c1. The van der Waals surface area contributed by atoms with Gasteiger partial charge in [-0.05, 0) is 31.2 Å². The molecule has 2 aromatic carbocycles. The third-order valence-corrected chi connectivity index (χ3v) is 4.95. The summed E-state index contributed by atoms with van der Waals surface area (Å²) in [7, 11) is 3.10. The van der Waals surface area contributed by atoms with Crippen molar-refractivity contribution in [1.82, 2.24) is 10.2 Å². The summed E-state index contributed by atoms with van der Waals surface area (Å²) in [6.07, 6.45) is 0. The van der Waals surface area contributed by atoms with Gasteiger partial charge in [0.05, 0.1) is 19.5 Å². The number of nitrogens with zero attached hydrogens (tertiary/aromatic N) is 2. The maximum Gasteiger partial charge on any atom is 0.277 e. The number of benzene rings is 2. The molecule has 0 bridgehead atoms. The van der Waals surface area contributed by atoms with Crippen LogP contribution in [0, 0.1) is 0 Å². The average molecular weight is 420 g/mol. The van der Waals surface area contributed by atoms with Crippen molar-refractivity contribution < 1.29 is 18.7 Å². The zero-order chi connectivity index (χ0) is 20.1. The first-order valence-corrected chi connectivity index (χ1v) is 9.54. The van der Waals surface area contributed by atoms with Crippen LogP contribution in [0.25, 0.3) is 11.5 Å². The van der Waals surface area contributed by atoms with Gasteiger partial charge in [-0.25, -0.2) is 0 Å². The van der Waals surface area contributed by atoms with Crippen molar-refractivity contribution in [3.8, 4) is 23.0 Å². The Morgan fingerprint density at radius 2 is 1.75 bits per heavy atom. The molecule has 1 atom stereocenters. The normalized spacial score (nSPS) is 11.7. The minimum Gasteiger partial charge on any atom is -0.497 e. The third-order valence-electron chi connectivity index (χ3n) is 3.76. The number of anilines is 1. The molecule has 3 aromatic rings. The van der Waals surface area contributed by atoms with Crippen molar-refractivity contribution in [3.63, 3.8) is 0 Å². The molecule has 0 aliphatic rings. The van der Waals surface area contributed by atoms with Gasteiger partial charge in [0.25, 0.3) is 5.22 Å². The lowest BCUT2D eigenvalue weighted by Gasteiger charge is -2.12. The smallest absolute Gasteiger partial charge is 0.277 e. The highest BCUT2D eigenvalue weighted by Crippen LogP contribution is 2.29. The van der Waals surface area contributed by atoms with Gasteiger partial charge >= 0.3 is 0 Å². The first kappa shape index (κ1) is 20.0. The Kier molecular flexibility index (Phi) is 6.43. The Hall–Kier alpha value is -2.71. The molecule has 146 valence electrons. The topological polar surface area (TPSA) is 86.5 Å². The van der Waals surface area contributed by atoms with Crippen LogP contribution in [0.1, 0.15) is 6.92 Å². The molecule has 3 rings (SSSR count). The minimum absolute atomic E-state index is 0.216. The van der Waals surface area contributed by atoms with Crippen molar-refractivity contribution in [1.29, 1.82) is 0 Å². The van der Waals surface area contributed by atoms with Gasteiger partial charge in [-0.3, -0.25) is 4.79 Å². The number of methoxy groups -OCH3 is 2. The molecule has 1 unspecified atom stereocenters. The van der Waals surface area contributed by atoms with E-state index in [0.717, 1.165) is 5.56 Å². The van der Waals surface area contributed by atoms with Gasteiger partial charge in [-0.15, -0.1) is 10.2 Å². The van der Waals surface area contributed by atoms with E-state index in [1.165, 1.54) is 11.8 Å². The van der Waals surface area contributed by atoms with Crippen LogP contribution in [-0.4, -0.2) is 35.6 Å². The van der Waals surface area contributed by atoms with Crippen LogP contribution in [0.4, 0.5) is 5.69 Å². The highest BCUT2D eigenvalue weighted by Gasteiger charge is 2.19. The predicted molar refractivity (Wildman–Crippen MR) is 108 cm³/mol. The average Bonchev–Trinajstić information content (AvgIpc) is 3.16. The van der Waals surface area contributed by atoms with Crippen LogP contribution < -0.4 is 14.8 Å². The molecule has 1 N–H and O–H groups in total. The van der Waals surface area contributed by atoms with E-state index in [-0.39, 0.29) is 5.91 Å². The van der Waals surface area contributed by atoms with Crippen LogP contribution in [0.2, 0.25) is 5.02 Å². The second-order valence-electron chi connectivity index (χ2n) is 5.73. The number of ether oxygens (including phenoxy) is 2. The number of hydrogen-bond acceptors (Lipinski definition) is 7. The Morgan fingerprint density at radius 1 is 1.11 bits per heavy atom. The van der Waals surface area contributed by atoms with Gasteiger partial charge < -0.3 is 19.2 Å². The number of carbonyl (C=O) groups is 1. The zero-order valence-corrected chi connectivity index (χ0v) is 17.0. The van der Waals surface area contributed by atoms with Crippen LogP contribution in [-0.2, 0) is 4.79 Å². The number of aromatic nitrogens is 2. The van der Waals surface area contributed by atoms with Gasteiger partial charge in [0, 0.05) is 34.5 Å². The maximum atomic E-state index is 12.5. The van der Waals surface area contributed by atoms with E-state index in [2.05, 4.69) is 15.5 Å². The van der Waals surface area contributed by atoms with Crippen molar-refractivity contribution in [3.05, 3.63) is 47.5 Å². The molecule has 9 heteroatoms. The molecule has 0 fully saturated rings. The molecule has 1 amide bonds. The summed E-state index contributed by atoms with van der Waals surface area (Å²) in [6, 6.07) is 12.2. The zero-order valence-electron chi connectivity index (χ0n) is 15.4. The molecule has 1 heterocycles. The number of nitrogens with one attached hydrogen (secondary N) is 1. The molecular weight excluding hydrogens is 402 g/mol. The van der Waals surface area contributed by atoms with Gasteiger partial charge in [-0.2, -0.15) is 0 Å². The number of carbonyl (C=O) groups excluding carboxylic acids is 1. The Balaban J connectivity index is 1.65. The summed E-state index contributed by atoms with van der Waals surface area (Å²) in [5.41, 5.74) is 1.32. The van der Waals surface area contributed by atoms with Crippen molar-refractivity contribution in [2.45, 2.75) is 17.4 Å². The molecule has 7 nitrogen and oxygen atoms in total. The van der Waals surface area contributed by atoms with E-state index in [9.17, 15) is 4.79 Å². The second kappa shape index (κ2) is 8.99. The minimum atomic E-state index is -0.462. The van der Waals surface area contributed by atoms with Crippen LogP contribution in [0.15, 0.2) is 52.1 Å². The van der Waals surface area contributed by atoms with E-state index < -0.39 is 5.25 Å². The molecular formula is C19H18ClN3O4S. The summed E-state index contributed by atoms with van der Waals surface area (Å²) in [6.45, 7) is 1.75. The quantitative estimate of drug-likeness (QED) is 0.563. The molecule has 0 aliphatic carbocycles. The molecule has 0 spiro atoms. The molecule has 0 saturated heterocycles. The number of halogens is 1. The highest BCUT2D eigenvalue weighted by molar-refractivity contribution is 8.00. The third kappa shape index (κ3) is 4.96. The summed E-state index contributed by atoms with van der Waals surface area (Å²) < 4.78 is 16.0. The fourth-order valence-corrected chi connectivity index (χ4v) is 3.10. The van der Waals surface area contributed by atoms with E-state index in [1.54, 1.807) is 63.6 Å². The van der Waals surface area contributed by atoms with Crippen molar-refractivity contribution >= 4 is 35.0 Å². The van der Waals surface area contributed by atoms with Gasteiger partial charge in [0.2, 0.25) is 11.8 Å². The van der Waals surface area contributed by atoms with Gasteiger partial charge in [-0.1, -0.05) is 23.4 Å². The van der Waals surface area contributed by atoms with E-state index in [0.29, 0.717) is 33.3 Å². The Morgan fingerprint density at radius 3 is 2.36 bits per heavy atom. The van der Waals surface area contributed by atoms with Gasteiger partial charge in [0.1, 0.15) is 11.5 Å². The number of thioether (sulfide) groups is 1. The first-order chi connectivity index (χ1) is 13.5. The van der Waals surface area contributed by atoms with Gasteiger partial charge in [0.15, 0.2) is 0 Å². The van der Waals surface area contributed by atoms with E-state index in [4.69, 9.17) is 25.5 Å². The van der Waals surface area contributed by atoms with Crippen molar-refractivity contribution in [2.24, 2.45) is 0 Å². The van der Waals surface area contributed by atoms with E-state index in [1.807, 2.05) is 0 Å². The number of rotatable bonds is 7. The fourth-order valence-electron chi connectivity index (χ4n) is 2.29. The largest absolute Gasteiger partial charge is 0.497 e. The molecule has 0 saturated carbocycles. The predicted octanol–water partition coefficient (Wildman–Crippen LogP) is 4.53. The van der Waals surface area contributed by atoms with E-state index >= 15 is 0 Å². The standard InChI is InChI=1S/C19H18ClN3O4S/c1-11(17(24)21-14-8-15(25-2)10-16(9-14)26-3)28-19-23-22-18(27-19)12-4-6-13(20)7-5-12/h4-11H,1-3H3,(H,21,24). The monoisotopic (exact) mass is 419 g/mol. The molecule has 1 aromatic heterocycles. The molecule has 0 radical (unpaired) electrons. The molecule has 28 heavy (non-hydrogen) atoms. The summed E-state index contributed by atoms with van der Waals surface area (Å²) >= 11 is 7.05. The fraction of sp³-hybridized carbons (Fsp3) is 0.211. The highest BCUT2D eigenvalue weighted by atomic mass is 35.5. The number of amides is 1. The second-order valence-corrected chi connectivity index (χ2v) is 7.46. The first-order valence-electron chi connectivity index (χ1n) is 8.28. The van der Waals surface area contributed by atoms with Crippen LogP contribution >= 0.6 is 23.4 Å². The summed E-state index contributed by atoms with van der Waals surface area (Å²) in [5.74, 6) is 1.31. The lowest BCUT2D eigenvalue weighted by molar-refractivity contribution is -0.115. The van der Waals surface area contributed by atoms with Crippen molar-refractivity contribution in [2.75, 3.05) is 19.5 Å². The Bertz CT molecular complexity index is 940. The lowest BCUT2D eigenvalue weighted by Crippen LogP contribution is -2.22. The Labute approximate surface area is 171 Å². The maximum absolute atomic E-state index is 12.5. The summed E-state index contributed by atoms with van der Waals surface area (Å²) in [5, 5.41) is 11.3.